The van der Waals surface area contributed by atoms with Crippen molar-refractivity contribution >= 4 is 59.6 Å². The van der Waals surface area contributed by atoms with E-state index in [1.165, 1.54) is 6.33 Å². The summed E-state index contributed by atoms with van der Waals surface area (Å²) in [6.07, 6.45) is 3.29. The van der Waals surface area contributed by atoms with Gasteiger partial charge in [0.25, 0.3) is 0 Å². The highest BCUT2D eigenvalue weighted by Crippen LogP contribution is 2.40. The van der Waals surface area contributed by atoms with Gasteiger partial charge in [-0.1, -0.05) is 36.2 Å². The average Bonchev–Trinajstić information content (AvgIpc) is 3.58. The second kappa shape index (κ2) is 13.9. The Morgan fingerprint density at radius 3 is 2.49 bits per heavy atom. The molecule has 0 aliphatic carbocycles. The molecular formula is C26H31Cl4N5O4. The van der Waals surface area contributed by atoms with Crippen LogP contribution in [-0.2, 0) is 26.6 Å². The number of amides is 1. The zero-order valence-electron chi connectivity index (χ0n) is 21.4. The highest BCUT2D eigenvalue weighted by Gasteiger charge is 2.45. The topological polar surface area (TPSA) is 82.0 Å². The molecule has 2 unspecified atom stereocenters. The monoisotopic (exact) mass is 617 g/mol. The summed E-state index contributed by atoms with van der Waals surface area (Å²) in [5.74, 6) is -0.190. The number of ether oxygens (including phenoxy) is 3. The second-order valence-corrected chi connectivity index (χ2v) is 9.89. The standard InChI is InChI=1S/C26H29Cl2N5O4.2ClH/c1-2-25(34)32-11-9-31(10-12-32)20-4-6-21(7-5-20)35-14-22-15-36-26(37-22,16-33-18-29-17-30-33)23-8-3-19(27)13-24(23)28;;/h3-8,13,17-18,22H,2,9-12,14-16H2,1H3;2*1H. The summed E-state index contributed by atoms with van der Waals surface area (Å²) in [7, 11) is 0. The molecule has 2 saturated heterocycles. The maximum atomic E-state index is 11.9. The molecule has 0 saturated carbocycles. The number of hydrogen-bond donors (Lipinski definition) is 0. The van der Waals surface area contributed by atoms with Crippen LogP contribution in [-0.4, -0.2) is 71.1 Å². The van der Waals surface area contributed by atoms with Gasteiger partial charge in [-0.05, 0) is 36.4 Å². The van der Waals surface area contributed by atoms with Crippen molar-refractivity contribution in [3.05, 3.63) is 70.7 Å². The molecule has 5 rings (SSSR count). The summed E-state index contributed by atoms with van der Waals surface area (Å²) in [5.41, 5.74) is 1.78. The number of aromatic nitrogens is 3. The number of anilines is 1. The molecule has 2 aromatic carbocycles. The number of benzene rings is 2. The van der Waals surface area contributed by atoms with Crippen molar-refractivity contribution < 1.29 is 19.0 Å². The van der Waals surface area contributed by atoms with Crippen LogP contribution in [0, 0.1) is 0 Å². The van der Waals surface area contributed by atoms with Gasteiger partial charge in [0.05, 0.1) is 11.6 Å². The Labute approximate surface area is 250 Å². The largest absolute Gasteiger partial charge is 0.491 e. The molecule has 2 aliphatic rings. The first-order valence-corrected chi connectivity index (χ1v) is 13.1. The van der Waals surface area contributed by atoms with Gasteiger partial charge in [-0.3, -0.25) is 4.79 Å². The third kappa shape index (κ3) is 7.28. The molecule has 0 bridgehead atoms. The Bertz CT molecular complexity index is 1210. The van der Waals surface area contributed by atoms with Crippen LogP contribution in [0.3, 0.4) is 0 Å². The van der Waals surface area contributed by atoms with Gasteiger partial charge in [-0.25, -0.2) is 9.67 Å². The van der Waals surface area contributed by atoms with Crippen LogP contribution in [0.5, 0.6) is 5.75 Å². The van der Waals surface area contributed by atoms with Gasteiger partial charge in [0.15, 0.2) is 0 Å². The third-order valence-electron chi connectivity index (χ3n) is 6.61. The van der Waals surface area contributed by atoms with Crippen molar-refractivity contribution in [2.75, 3.05) is 44.3 Å². The zero-order chi connectivity index (χ0) is 25.8. The first kappa shape index (κ1) is 31.3. The van der Waals surface area contributed by atoms with Gasteiger partial charge in [0.1, 0.15) is 37.7 Å². The fraction of sp³-hybridized carbons (Fsp3) is 0.423. The van der Waals surface area contributed by atoms with Gasteiger partial charge < -0.3 is 24.0 Å². The van der Waals surface area contributed by atoms with Gasteiger partial charge >= 0.3 is 0 Å². The van der Waals surface area contributed by atoms with E-state index in [0.717, 1.165) is 37.6 Å². The van der Waals surface area contributed by atoms with Crippen LogP contribution in [0.25, 0.3) is 0 Å². The fourth-order valence-corrected chi connectivity index (χ4v) is 5.21. The Morgan fingerprint density at radius 2 is 1.85 bits per heavy atom. The lowest BCUT2D eigenvalue weighted by Crippen LogP contribution is -2.48. The predicted octanol–water partition coefficient (Wildman–Crippen LogP) is 4.83. The van der Waals surface area contributed by atoms with Gasteiger partial charge in [0, 0.05) is 48.9 Å². The summed E-state index contributed by atoms with van der Waals surface area (Å²) < 4.78 is 20.3. The van der Waals surface area contributed by atoms with E-state index in [-0.39, 0.29) is 43.4 Å². The summed E-state index contributed by atoms with van der Waals surface area (Å²) in [6.45, 7) is 5.95. The Morgan fingerprint density at radius 1 is 1.10 bits per heavy atom. The van der Waals surface area contributed by atoms with Crippen LogP contribution < -0.4 is 9.64 Å². The number of carbonyl (C=O) groups is 1. The van der Waals surface area contributed by atoms with Crippen molar-refractivity contribution in [3.8, 4) is 5.75 Å². The van der Waals surface area contributed by atoms with Gasteiger partial charge in [-0.2, -0.15) is 5.10 Å². The highest BCUT2D eigenvalue weighted by atomic mass is 35.5. The van der Waals surface area contributed by atoms with E-state index in [2.05, 4.69) is 15.0 Å². The molecule has 9 nitrogen and oxygen atoms in total. The number of nitrogens with zero attached hydrogens (tertiary/aromatic N) is 5. The molecule has 3 heterocycles. The van der Waals surface area contributed by atoms with E-state index < -0.39 is 5.79 Å². The van der Waals surface area contributed by atoms with Crippen molar-refractivity contribution in [1.82, 2.24) is 19.7 Å². The molecule has 3 aromatic rings. The average molecular weight is 619 g/mol. The van der Waals surface area contributed by atoms with E-state index >= 15 is 0 Å². The van der Waals surface area contributed by atoms with Gasteiger partial charge in [-0.15, -0.1) is 24.8 Å². The minimum Gasteiger partial charge on any atom is -0.491 e. The SMILES string of the molecule is CCC(=O)N1CCN(c2ccc(OCC3COC(Cn4cncn4)(c4ccc(Cl)cc4Cl)O3)cc2)CC1.Cl.Cl. The smallest absolute Gasteiger partial charge is 0.222 e. The molecule has 1 aromatic heterocycles. The molecular weight excluding hydrogens is 588 g/mol. The quantitative estimate of drug-likeness (QED) is 0.357. The maximum absolute atomic E-state index is 11.9. The van der Waals surface area contributed by atoms with E-state index in [1.807, 2.05) is 42.2 Å². The minimum absolute atomic E-state index is 0. The van der Waals surface area contributed by atoms with Crippen LogP contribution in [0.15, 0.2) is 55.1 Å². The number of hydrogen-bond acceptors (Lipinski definition) is 7. The third-order valence-corrected chi connectivity index (χ3v) is 7.16. The number of carbonyl (C=O) groups excluding carboxylic acids is 1. The molecule has 0 N–H and O–H groups in total. The van der Waals surface area contributed by atoms with Crippen molar-refractivity contribution in [1.29, 1.82) is 0 Å². The summed E-state index contributed by atoms with van der Waals surface area (Å²) in [4.78, 5) is 20.1. The molecule has 13 heteroatoms. The number of halogens is 4. The molecule has 2 atom stereocenters. The maximum Gasteiger partial charge on any atom is 0.222 e. The van der Waals surface area contributed by atoms with Crippen LogP contribution in [0.1, 0.15) is 18.9 Å². The lowest BCUT2D eigenvalue weighted by atomic mass is 10.1. The van der Waals surface area contributed by atoms with Crippen molar-refractivity contribution in [3.63, 3.8) is 0 Å². The molecule has 0 radical (unpaired) electrons. The molecule has 1 amide bonds. The molecule has 2 fully saturated rings. The molecule has 39 heavy (non-hydrogen) atoms. The van der Waals surface area contributed by atoms with E-state index in [9.17, 15) is 4.79 Å². The van der Waals surface area contributed by atoms with E-state index in [0.29, 0.717) is 35.2 Å². The first-order chi connectivity index (χ1) is 18.0. The fourth-order valence-electron chi connectivity index (χ4n) is 4.66. The molecule has 212 valence electrons. The Kier molecular flexibility index (Phi) is 11.1. The number of rotatable bonds is 8. The minimum atomic E-state index is -1.14. The second-order valence-electron chi connectivity index (χ2n) is 9.05. The van der Waals surface area contributed by atoms with E-state index in [1.54, 1.807) is 23.1 Å². The Balaban J connectivity index is 0.00000210. The van der Waals surface area contributed by atoms with Gasteiger partial charge in [0.2, 0.25) is 11.7 Å². The number of piperazine rings is 1. The first-order valence-electron chi connectivity index (χ1n) is 12.3. The Hall–Kier alpha value is -2.27. The summed E-state index contributed by atoms with van der Waals surface area (Å²) >= 11 is 12.6. The summed E-state index contributed by atoms with van der Waals surface area (Å²) in [5, 5.41) is 5.18. The van der Waals surface area contributed by atoms with Crippen LogP contribution in [0.2, 0.25) is 10.0 Å². The van der Waals surface area contributed by atoms with Crippen molar-refractivity contribution in [2.24, 2.45) is 0 Å². The lowest BCUT2D eigenvalue weighted by molar-refractivity contribution is -0.190. The van der Waals surface area contributed by atoms with Crippen LogP contribution >= 0.6 is 48.0 Å². The molecule has 0 spiro atoms. The van der Waals surface area contributed by atoms with Crippen molar-refractivity contribution in [2.45, 2.75) is 31.8 Å². The highest BCUT2D eigenvalue weighted by molar-refractivity contribution is 6.35. The zero-order valence-corrected chi connectivity index (χ0v) is 24.5. The van der Waals surface area contributed by atoms with E-state index in [4.69, 9.17) is 37.4 Å². The summed E-state index contributed by atoms with van der Waals surface area (Å²) in [6, 6.07) is 13.2. The lowest BCUT2D eigenvalue weighted by Gasteiger charge is -2.36. The predicted molar refractivity (Wildman–Crippen MR) is 155 cm³/mol. The normalized spacial score (nSPS) is 20.7. The van der Waals surface area contributed by atoms with Crippen LogP contribution in [0.4, 0.5) is 5.69 Å². The molecule has 2 aliphatic heterocycles.